The van der Waals surface area contributed by atoms with E-state index in [1.807, 2.05) is 0 Å². The van der Waals surface area contributed by atoms with Crippen LogP contribution in [0.15, 0.2) is 35.6 Å². The molecule has 130 valence electrons. The molecule has 2 rings (SSSR count). The maximum absolute atomic E-state index is 10.9. The summed E-state index contributed by atoms with van der Waals surface area (Å²) in [6.45, 7) is 0.147. The normalized spacial score (nSPS) is 10.7. The highest BCUT2D eigenvalue weighted by atomic mass is 32.1. The molecule has 0 amide bonds. The number of carboxylic acids is 1. The number of nitrogens with two attached hydrogens (primary N) is 1. The first-order chi connectivity index (χ1) is 11.9. The Kier molecular flexibility index (Phi) is 5.74. The minimum atomic E-state index is -0.960. The van der Waals surface area contributed by atoms with Crippen molar-refractivity contribution in [3.8, 4) is 11.3 Å². The van der Waals surface area contributed by atoms with Gasteiger partial charge in [0.05, 0.1) is 24.1 Å². The lowest BCUT2D eigenvalue weighted by atomic mass is 10.1. The van der Waals surface area contributed by atoms with Crippen molar-refractivity contribution in [3.63, 3.8) is 0 Å². The highest BCUT2D eigenvalue weighted by Gasteiger charge is 2.14. The molecule has 0 aliphatic rings. The molecule has 10 nitrogen and oxygen atoms in total. The van der Waals surface area contributed by atoms with Gasteiger partial charge in [-0.15, -0.1) is 0 Å². The predicted molar refractivity (Wildman–Crippen MR) is 94.1 cm³/mol. The zero-order chi connectivity index (χ0) is 18.4. The molecular weight excluding hydrogens is 348 g/mol. The topological polar surface area (TPSA) is 149 Å². The molecular formula is C14H14N6O4S. The number of non-ortho nitro benzene ring substituents is 1. The third-order valence-corrected chi connectivity index (χ3v) is 3.14. The Labute approximate surface area is 147 Å². The van der Waals surface area contributed by atoms with E-state index in [-0.39, 0.29) is 23.8 Å². The number of aryl methyl sites for hydroxylation is 1. The second-order valence-corrected chi connectivity index (χ2v) is 5.32. The van der Waals surface area contributed by atoms with E-state index < -0.39 is 10.9 Å². The van der Waals surface area contributed by atoms with Gasteiger partial charge in [0, 0.05) is 29.5 Å². The van der Waals surface area contributed by atoms with Crippen molar-refractivity contribution in [1.82, 2.24) is 15.2 Å². The zero-order valence-electron chi connectivity index (χ0n) is 12.8. The molecule has 0 radical (unpaired) electrons. The Bertz CT molecular complexity index is 848. The second-order valence-electron chi connectivity index (χ2n) is 4.88. The van der Waals surface area contributed by atoms with Crippen LogP contribution in [0.5, 0.6) is 0 Å². The Hall–Kier alpha value is -3.34. The van der Waals surface area contributed by atoms with Crippen molar-refractivity contribution in [2.75, 3.05) is 0 Å². The molecule has 0 bridgehead atoms. The van der Waals surface area contributed by atoms with Gasteiger partial charge in [0.15, 0.2) is 5.11 Å². The summed E-state index contributed by atoms with van der Waals surface area (Å²) in [4.78, 5) is 21.2. The number of hydrogen-bond donors (Lipinski definition) is 3. The van der Waals surface area contributed by atoms with E-state index >= 15 is 0 Å². The maximum Gasteiger partial charge on any atom is 0.305 e. The minimum Gasteiger partial charge on any atom is -0.481 e. The molecule has 0 aliphatic heterocycles. The number of aromatic nitrogens is 2. The van der Waals surface area contributed by atoms with E-state index in [0.717, 1.165) is 0 Å². The van der Waals surface area contributed by atoms with E-state index in [0.29, 0.717) is 16.8 Å². The van der Waals surface area contributed by atoms with E-state index in [1.165, 1.54) is 29.1 Å². The van der Waals surface area contributed by atoms with Gasteiger partial charge in [-0.05, 0) is 12.2 Å². The van der Waals surface area contributed by atoms with Gasteiger partial charge < -0.3 is 10.8 Å². The molecule has 25 heavy (non-hydrogen) atoms. The number of hydrazone groups is 1. The van der Waals surface area contributed by atoms with Gasteiger partial charge >= 0.3 is 5.97 Å². The minimum absolute atomic E-state index is 0.0218. The van der Waals surface area contributed by atoms with Crippen LogP contribution in [0, 0.1) is 10.1 Å². The fourth-order valence-corrected chi connectivity index (χ4v) is 2.07. The Balaban J connectivity index is 2.40. The van der Waals surface area contributed by atoms with Crippen molar-refractivity contribution in [3.05, 3.63) is 46.1 Å². The van der Waals surface area contributed by atoms with Crippen LogP contribution in [-0.4, -0.2) is 37.1 Å². The first-order valence-electron chi connectivity index (χ1n) is 6.99. The molecule has 1 heterocycles. The molecule has 0 spiro atoms. The van der Waals surface area contributed by atoms with Crippen LogP contribution in [0.25, 0.3) is 11.3 Å². The van der Waals surface area contributed by atoms with Crippen molar-refractivity contribution in [2.24, 2.45) is 10.8 Å². The summed E-state index contributed by atoms with van der Waals surface area (Å²) < 4.78 is 1.43. The van der Waals surface area contributed by atoms with Crippen LogP contribution >= 0.6 is 12.2 Å². The lowest BCUT2D eigenvalue weighted by molar-refractivity contribution is -0.384. The van der Waals surface area contributed by atoms with Crippen LogP contribution in [0.3, 0.4) is 0 Å². The van der Waals surface area contributed by atoms with Gasteiger partial charge in [-0.1, -0.05) is 12.1 Å². The lowest BCUT2D eigenvalue weighted by Gasteiger charge is -2.00. The highest BCUT2D eigenvalue weighted by Crippen LogP contribution is 2.25. The van der Waals surface area contributed by atoms with Crippen LogP contribution in [0.4, 0.5) is 5.69 Å². The third kappa shape index (κ3) is 5.07. The molecule has 11 heteroatoms. The largest absolute Gasteiger partial charge is 0.481 e. The highest BCUT2D eigenvalue weighted by molar-refractivity contribution is 7.80. The monoisotopic (exact) mass is 362 g/mol. The van der Waals surface area contributed by atoms with E-state index in [4.69, 9.17) is 10.8 Å². The average molecular weight is 362 g/mol. The van der Waals surface area contributed by atoms with Crippen molar-refractivity contribution in [1.29, 1.82) is 0 Å². The predicted octanol–water partition coefficient (Wildman–Crippen LogP) is 1.10. The summed E-state index contributed by atoms with van der Waals surface area (Å²) in [6.07, 6.45) is 2.87. The summed E-state index contributed by atoms with van der Waals surface area (Å²) in [6, 6.07) is 5.95. The van der Waals surface area contributed by atoms with Crippen LogP contribution < -0.4 is 11.2 Å². The molecule has 1 aromatic heterocycles. The van der Waals surface area contributed by atoms with E-state index in [2.05, 4.69) is 27.8 Å². The fraction of sp³-hybridized carbons (Fsp3) is 0.143. The number of rotatable bonds is 7. The van der Waals surface area contributed by atoms with Crippen molar-refractivity contribution >= 4 is 35.2 Å². The van der Waals surface area contributed by atoms with Crippen LogP contribution in [0.1, 0.15) is 12.0 Å². The molecule has 2 aromatic rings. The van der Waals surface area contributed by atoms with Gasteiger partial charge in [0.2, 0.25) is 0 Å². The number of nitrogens with one attached hydrogen (secondary N) is 1. The molecule has 0 unspecified atom stereocenters. The second kappa shape index (κ2) is 7.97. The molecule has 0 saturated heterocycles. The van der Waals surface area contributed by atoms with E-state index in [9.17, 15) is 14.9 Å². The number of benzene rings is 1. The average Bonchev–Trinajstić information content (AvgIpc) is 2.96. The Morgan fingerprint density at radius 2 is 2.32 bits per heavy atom. The van der Waals surface area contributed by atoms with Gasteiger partial charge in [0.25, 0.3) is 5.69 Å². The maximum atomic E-state index is 10.9. The first kappa shape index (κ1) is 18.0. The number of thiocarbonyl (C=S) groups is 1. The number of carbonyl (C=O) groups is 1. The smallest absolute Gasteiger partial charge is 0.305 e. The number of nitrogens with zero attached hydrogens (tertiary/aromatic N) is 4. The van der Waals surface area contributed by atoms with Crippen molar-refractivity contribution in [2.45, 2.75) is 13.0 Å². The summed E-state index contributed by atoms with van der Waals surface area (Å²) in [7, 11) is 0. The van der Waals surface area contributed by atoms with Crippen LogP contribution in [0.2, 0.25) is 0 Å². The molecule has 4 N–H and O–H groups in total. The lowest BCUT2D eigenvalue weighted by Crippen LogP contribution is -2.24. The first-order valence-corrected chi connectivity index (χ1v) is 7.40. The van der Waals surface area contributed by atoms with Crippen molar-refractivity contribution < 1.29 is 14.8 Å². The summed E-state index contributed by atoms with van der Waals surface area (Å²) in [5, 5.41) is 27.9. The fourth-order valence-electron chi connectivity index (χ4n) is 2.01. The third-order valence-electron chi connectivity index (χ3n) is 3.05. The Morgan fingerprint density at radius 1 is 1.56 bits per heavy atom. The van der Waals surface area contributed by atoms with Gasteiger partial charge in [-0.3, -0.25) is 25.0 Å². The standard InChI is InChI=1S/C14H14N6O4S/c15-14(25)17-16-7-10-8-19(5-4-12(21)22)18-13(10)9-2-1-3-11(6-9)20(23)24/h1-3,6-8H,4-5H2,(H,21,22)(H3,15,17,25)/b16-7+. The Morgan fingerprint density at radius 3 is 2.96 bits per heavy atom. The van der Waals surface area contributed by atoms with Crippen LogP contribution in [-0.2, 0) is 11.3 Å². The summed E-state index contributed by atoms with van der Waals surface area (Å²) in [5.74, 6) is -0.960. The SMILES string of the molecule is NC(=S)N/N=C/c1cn(CCC(=O)O)nc1-c1cccc([N+](=O)[O-])c1. The number of aliphatic carboxylic acids is 1. The van der Waals surface area contributed by atoms with Gasteiger partial charge in [-0.2, -0.15) is 10.2 Å². The number of carboxylic acid groups (broad SMARTS) is 1. The molecule has 0 atom stereocenters. The summed E-state index contributed by atoms with van der Waals surface area (Å²) in [5.41, 5.74) is 9.05. The summed E-state index contributed by atoms with van der Waals surface area (Å²) >= 11 is 4.65. The number of nitro benzene ring substituents is 1. The molecule has 0 fully saturated rings. The van der Waals surface area contributed by atoms with Gasteiger partial charge in [0.1, 0.15) is 5.69 Å². The quantitative estimate of drug-likeness (QED) is 0.287. The zero-order valence-corrected chi connectivity index (χ0v) is 13.6. The molecule has 0 aliphatic carbocycles. The molecule has 0 saturated carbocycles. The van der Waals surface area contributed by atoms with E-state index in [1.54, 1.807) is 12.3 Å². The number of nitro groups is 1. The molecule has 1 aromatic carbocycles. The van der Waals surface area contributed by atoms with Gasteiger partial charge in [-0.25, -0.2) is 0 Å². The number of hydrogen-bond acceptors (Lipinski definition) is 6.